The van der Waals surface area contributed by atoms with Gasteiger partial charge in [-0.2, -0.15) is 0 Å². The summed E-state index contributed by atoms with van der Waals surface area (Å²) in [6, 6.07) is 3.13. The Kier molecular flexibility index (Phi) is 10.1. The Morgan fingerprint density at radius 2 is 1.88 bits per heavy atom. The molecular formula is C24H30O8. The summed E-state index contributed by atoms with van der Waals surface area (Å²) in [5.74, 6) is -0.292. The van der Waals surface area contributed by atoms with Crippen molar-refractivity contribution in [1.29, 1.82) is 0 Å². The minimum atomic E-state index is -0.617. The van der Waals surface area contributed by atoms with Crippen LogP contribution in [0.4, 0.5) is 0 Å². The van der Waals surface area contributed by atoms with E-state index in [1.807, 2.05) is 0 Å². The Morgan fingerprint density at radius 1 is 1.16 bits per heavy atom. The monoisotopic (exact) mass is 446 g/mol. The Hall–Kier alpha value is -2.94. The van der Waals surface area contributed by atoms with Crippen molar-refractivity contribution in [1.82, 2.24) is 0 Å². The van der Waals surface area contributed by atoms with Gasteiger partial charge in [0.2, 0.25) is 0 Å². The highest BCUT2D eigenvalue weighted by Gasteiger charge is 2.38. The first-order valence-corrected chi connectivity index (χ1v) is 10.1. The molecule has 0 amide bonds. The highest BCUT2D eigenvalue weighted by Crippen LogP contribution is 2.32. The van der Waals surface area contributed by atoms with Gasteiger partial charge in [0.05, 0.1) is 6.10 Å². The maximum absolute atomic E-state index is 13.1. The van der Waals surface area contributed by atoms with Crippen molar-refractivity contribution in [3.8, 4) is 11.5 Å². The number of methoxy groups -OCH3 is 2. The Balaban J connectivity index is 2.34. The number of ketones is 1. The van der Waals surface area contributed by atoms with E-state index in [0.29, 0.717) is 17.7 Å². The molecule has 1 aromatic rings. The number of hydrogen-bond donors (Lipinski definition) is 0. The molecule has 1 fully saturated rings. The number of allylic oxidation sites excluding steroid dienone is 3. The fourth-order valence-electron chi connectivity index (χ4n) is 3.06. The summed E-state index contributed by atoms with van der Waals surface area (Å²) in [6.45, 7) is 8.91. The zero-order chi connectivity index (χ0) is 23.5. The van der Waals surface area contributed by atoms with Crippen LogP contribution in [0.25, 0.3) is 0 Å². The number of rotatable bonds is 15. The molecule has 8 heteroatoms. The SMILES string of the molecule is C=C/C=C/C(=O)Cc1cc(OCOC)cc(OCOC)c1C(=O)O[C@H](C)C[C@@H]1O[C@@H]1C=C. The van der Waals surface area contributed by atoms with E-state index in [0.717, 1.165) is 0 Å². The van der Waals surface area contributed by atoms with Gasteiger partial charge in [0.25, 0.3) is 0 Å². The first-order valence-electron chi connectivity index (χ1n) is 10.1. The van der Waals surface area contributed by atoms with Crippen molar-refractivity contribution in [3.63, 3.8) is 0 Å². The van der Waals surface area contributed by atoms with E-state index in [1.54, 1.807) is 19.1 Å². The second-order valence-electron chi connectivity index (χ2n) is 7.12. The molecule has 0 aromatic heterocycles. The molecule has 1 aliphatic heterocycles. The molecule has 1 aliphatic rings. The van der Waals surface area contributed by atoms with Gasteiger partial charge >= 0.3 is 5.97 Å². The summed E-state index contributed by atoms with van der Waals surface area (Å²) < 4.78 is 32.1. The van der Waals surface area contributed by atoms with Crippen LogP contribution in [0.5, 0.6) is 11.5 Å². The van der Waals surface area contributed by atoms with Crippen molar-refractivity contribution in [3.05, 3.63) is 60.7 Å². The van der Waals surface area contributed by atoms with Crippen molar-refractivity contribution >= 4 is 11.8 Å². The molecule has 0 radical (unpaired) electrons. The molecule has 0 bridgehead atoms. The lowest BCUT2D eigenvalue weighted by Gasteiger charge is -2.18. The molecule has 3 atom stereocenters. The van der Waals surface area contributed by atoms with Crippen LogP contribution in [0.1, 0.15) is 29.3 Å². The maximum atomic E-state index is 13.1. The van der Waals surface area contributed by atoms with Crippen LogP contribution in [-0.4, -0.2) is 57.9 Å². The van der Waals surface area contributed by atoms with Crippen molar-refractivity contribution in [2.24, 2.45) is 0 Å². The lowest BCUT2D eigenvalue weighted by Crippen LogP contribution is -2.20. The standard InChI is InChI=1S/C24H30O8/c1-6-8-9-18(25)11-17-12-19(29-14-27-4)13-22(30-15-28-5)23(17)24(26)31-16(3)10-21-20(7-2)32-21/h6-9,12-13,16,20-21H,1-2,10-11,14-15H2,3-5H3/b9-8+/t16-,20-,21+/m1/s1. The van der Waals surface area contributed by atoms with E-state index in [-0.39, 0.29) is 49.3 Å². The molecule has 0 aliphatic carbocycles. The maximum Gasteiger partial charge on any atom is 0.342 e. The van der Waals surface area contributed by atoms with Crippen molar-refractivity contribution < 1.29 is 38.0 Å². The smallest absolute Gasteiger partial charge is 0.342 e. The molecule has 0 N–H and O–H groups in total. The molecule has 174 valence electrons. The molecule has 2 rings (SSSR count). The number of epoxide rings is 1. The van der Waals surface area contributed by atoms with Gasteiger partial charge in [0.15, 0.2) is 19.4 Å². The first kappa shape index (κ1) is 25.3. The highest BCUT2D eigenvalue weighted by molar-refractivity contribution is 5.98. The number of benzene rings is 1. The summed E-state index contributed by atoms with van der Waals surface area (Å²) >= 11 is 0. The third-order valence-corrected chi connectivity index (χ3v) is 4.55. The molecule has 0 saturated carbocycles. The molecule has 0 unspecified atom stereocenters. The second kappa shape index (κ2) is 12.8. The average molecular weight is 446 g/mol. The topological polar surface area (TPSA) is 92.8 Å². The summed E-state index contributed by atoms with van der Waals surface area (Å²) in [6.07, 6.45) is 6.13. The molecular weight excluding hydrogens is 416 g/mol. The molecule has 1 heterocycles. The van der Waals surface area contributed by atoms with Crippen LogP contribution >= 0.6 is 0 Å². The molecule has 0 spiro atoms. The molecule has 1 aromatic carbocycles. The fourth-order valence-corrected chi connectivity index (χ4v) is 3.06. The third-order valence-electron chi connectivity index (χ3n) is 4.55. The van der Waals surface area contributed by atoms with E-state index >= 15 is 0 Å². The molecule has 1 saturated heterocycles. The minimum Gasteiger partial charge on any atom is -0.467 e. The number of carbonyl (C=O) groups is 2. The van der Waals surface area contributed by atoms with Gasteiger partial charge < -0.3 is 28.4 Å². The summed E-state index contributed by atoms with van der Waals surface area (Å²) in [7, 11) is 2.95. The first-order chi connectivity index (χ1) is 15.4. The zero-order valence-corrected chi connectivity index (χ0v) is 18.7. The Morgan fingerprint density at radius 3 is 2.50 bits per heavy atom. The molecule has 8 nitrogen and oxygen atoms in total. The van der Waals surface area contributed by atoms with Gasteiger partial charge in [0.1, 0.15) is 29.3 Å². The van der Waals surface area contributed by atoms with Crippen LogP contribution < -0.4 is 9.47 Å². The van der Waals surface area contributed by atoms with Crippen LogP contribution in [-0.2, 0) is 30.2 Å². The van der Waals surface area contributed by atoms with E-state index in [1.165, 1.54) is 38.5 Å². The predicted octanol–water partition coefficient (Wildman–Crippen LogP) is 3.39. The number of ether oxygens (including phenoxy) is 6. The van der Waals surface area contributed by atoms with Gasteiger partial charge in [-0.05, 0) is 24.6 Å². The normalized spacial score (nSPS) is 18.1. The van der Waals surface area contributed by atoms with Crippen LogP contribution in [0.3, 0.4) is 0 Å². The summed E-state index contributed by atoms with van der Waals surface area (Å²) in [5.41, 5.74) is 0.531. The van der Waals surface area contributed by atoms with Gasteiger partial charge in [-0.15, -0.1) is 6.58 Å². The number of carbonyl (C=O) groups excluding carboxylic acids is 2. The minimum absolute atomic E-state index is 0.0137. The van der Waals surface area contributed by atoms with E-state index < -0.39 is 12.1 Å². The van der Waals surface area contributed by atoms with E-state index in [9.17, 15) is 9.59 Å². The average Bonchev–Trinajstić information content (AvgIpc) is 3.52. The molecule has 32 heavy (non-hydrogen) atoms. The van der Waals surface area contributed by atoms with Gasteiger partial charge in [-0.3, -0.25) is 4.79 Å². The predicted molar refractivity (Wildman–Crippen MR) is 118 cm³/mol. The van der Waals surface area contributed by atoms with Gasteiger partial charge in [-0.1, -0.05) is 24.8 Å². The lowest BCUT2D eigenvalue weighted by molar-refractivity contribution is -0.114. The lowest BCUT2D eigenvalue weighted by atomic mass is 10.00. The van der Waals surface area contributed by atoms with Crippen molar-refractivity contribution in [2.45, 2.75) is 38.1 Å². The van der Waals surface area contributed by atoms with Gasteiger partial charge in [-0.25, -0.2) is 4.79 Å². The number of hydrogen-bond acceptors (Lipinski definition) is 8. The Labute approximate surface area is 188 Å². The number of esters is 1. The summed E-state index contributed by atoms with van der Waals surface area (Å²) in [4.78, 5) is 25.5. The van der Waals surface area contributed by atoms with Crippen LogP contribution in [0.2, 0.25) is 0 Å². The highest BCUT2D eigenvalue weighted by atomic mass is 16.7. The van der Waals surface area contributed by atoms with E-state index in [2.05, 4.69) is 13.2 Å². The van der Waals surface area contributed by atoms with Crippen molar-refractivity contribution in [2.75, 3.05) is 27.8 Å². The fraction of sp³-hybridized carbons (Fsp3) is 0.417. The van der Waals surface area contributed by atoms with Gasteiger partial charge in [0, 0.05) is 33.1 Å². The third kappa shape index (κ3) is 7.64. The Bertz CT molecular complexity index is 845. The zero-order valence-electron chi connectivity index (χ0n) is 18.7. The quantitative estimate of drug-likeness (QED) is 0.101. The second-order valence-corrected chi connectivity index (χ2v) is 7.12. The van der Waals surface area contributed by atoms with E-state index in [4.69, 9.17) is 28.4 Å². The van der Waals surface area contributed by atoms with Crippen LogP contribution in [0.15, 0.2) is 49.6 Å². The largest absolute Gasteiger partial charge is 0.467 e. The summed E-state index contributed by atoms with van der Waals surface area (Å²) in [5, 5.41) is 0. The van der Waals surface area contributed by atoms with Crippen LogP contribution in [0, 0.1) is 0 Å².